The van der Waals surface area contributed by atoms with Crippen LogP contribution in [0.25, 0.3) is 0 Å². The lowest BCUT2D eigenvalue weighted by Crippen LogP contribution is -2.46. The van der Waals surface area contributed by atoms with E-state index in [1.807, 2.05) is 11.9 Å². The van der Waals surface area contributed by atoms with E-state index in [0.717, 1.165) is 0 Å². The predicted molar refractivity (Wildman–Crippen MR) is 73.3 cm³/mol. The molecule has 1 fully saturated rings. The second kappa shape index (κ2) is 6.49. The summed E-state index contributed by atoms with van der Waals surface area (Å²) in [5.41, 5.74) is -0.0177. The molecule has 1 aliphatic heterocycles. The first-order valence-corrected chi connectivity index (χ1v) is 6.36. The van der Waals surface area contributed by atoms with Gasteiger partial charge in [-0.15, -0.1) is 0 Å². The third-order valence-corrected chi connectivity index (χ3v) is 3.10. The first-order chi connectivity index (χ1) is 9.65. The highest BCUT2D eigenvalue weighted by Gasteiger charge is 2.27. The number of nitrogens with one attached hydrogen (secondary N) is 1. The second-order valence-corrected chi connectivity index (χ2v) is 4.45. The van der Waals surface area contributed by atoms with Crippen LogP contribution in [0.5, 0.6) is 5.88 Å². The van der Waals surface area contributed by atoms with E-state index < -0.39 is 4.92 Å². The maximum Gasteiger partial charge on any atom is 0.311 e. The highest BCUT2D eigenvalue weighted by Crippen LogP contribution is 2.29. The number of hydrogen-bond donors (Lipinski definition) is 1. The zero-order valence-electron chi connectivity index (χ0n) is 11.5. The zero-order valence-corrected chi connectivity index (χ0v) is 11.5. The highest BCUT2D eigenvalue weighted by atomic mass is 16.6. The summed E-state index contributed by atoms with van der Waals surface area (Å²) in [5.74, 6) is 0.695. The van der Waals surface area contributed by atoms with E-state index >= 15 is 0 Å². The van der Waals surface area contributed by atoms with E-state index in [4.69, 9.17) is 9.47 Å². The van der Waals surface area contributed by atoms with E-state index in [1.165, 1.54) is 19.2 Å². The number of methoxy groups -OCH3 is 1. The van der Waals surface area contributed by atoms with Gasteiger partial charge in [-0.1, -0.05) is 0 Å². The highest BCUT2D eigenvalue weighted by molar-refractivity contribution is 5.59. The average molecular weight is 282 g/mol. The summed E-state index contributed by atoms with van der Waals surface area (Å²) in [6, 6.07) is 2.91. The third-order valence-electron chi connectivity index (χ3n) is 3.10. The van der Waals surface area contributed by atoms with E-state index in [0.29, 0.717) is 37.9 Å². The molecule has 2 heterocycles. The van der Waals surface area contributed by atoms with Crippen molar-refractivity contribution in [2.75, 3.05) is 45.3 Å². The van der Waals surface area contributed by atoms with Crippen molar-refractivity contribution in [3.63, 3.8) is 0 Å². The van der Waals surface area contributed by atoms with Crippen LogP contribution in [-0.4, -0.2) is 56.4 Å². The van der Waals surface area contributed by atoms with Crippen LogP contribution in [0, 0.1) is 10.1 Å². The molecule has 1 aromatic rings. The van der Waals surface area contributed by atoms with Crippen LogP contribution in [0.1, 0.15) is 0 Å². The number of ether oxygens (including phenoxy) is 2. The number of pyridine rings is 1. The van der Waals surface area contributed by atoms with Gasteiger partial charge in [0.15, 0.2) is 0 Å². The minimum atomic E-state index is -0.426. The second-order valence-electron chi connectivity index (χ2n) is 4.45. The van der Waals surface area contributed by atoms with Crippen LogP contribution in [0.3, 0.4) is 0 Å². The average Bonchev–Trinajstić information content (AvgIpc) is 2.47. The Labute approximate surface area is 116 Å². The van der Waals surface area contributed by atoms with Crippen LogP contribution in [0.15, 0.2) is 12.1 Å². The van der Waals surface area contributed by atoms with Gasteiger partial charge in [0.25, 0.3) is 0 Å². The fourth-order valence-electron chi connectivity index (χ4n) is 2.18. The Morgan fingerprint density at radius 2 is 2.45 bits per heavy atom. The van der Waals surface area contributed by atoms with E-state index in [2.05, 4.69) is 10.3 Å². The minimum Gasteiger partial charge on any atom is -0.481 e. The van der Waals surface area contributed by atoms with Crippen LogP contribution in [0.4, 0.5) is 11.5 Å². The Balaban J connectivity index is 2.27. The SMILES string of the molecule is CNCC1CN(c2nc(OC)ccc2[N+](=O)[O-])CCO1. The van der Waals surface area contributed by atoms with Crippen molar-refractivity contribution in [1.29, 1.82) is 0 Å². The van der Waals surface area contributed by atoms with E-state index in [9.17, 15) is 10.1 Å². The summed E-state index contributed by atoms with van der Waals surface area (Å²) in [5, 5.41) is 14.2. The summed E-state index contributed by atoms with van der Waals surface area (Å²) in [6.45, 7) is 2.33. The lowest BCUT2D eigenvalue weighted by atomic mass is 10.2. The van der Waals surface area contributed by atoms with Gasteiger partial charge in [0, 0.05) is 31.8 Å². The number of hydrogen-bond acceptors (Lipinski definition) is 7. The number of rotatable bonds is 5. The Kier molecular flexibility index (Phi) is 4.70. The van der Waals surface area contributed by atoms with Gasteiger partial charge in [-0.25, -0.2) is 0 Å². The van der Waals surface area contributed by atoms with Gasteiger partial charge >= 0.3 is 5.69 Å². The molecule has 0 bridgehead atoms. The molecule has 1 aliphatic rings. The van der Waals surface area contributed by atoms with Gasteiger partial charge in [-0.3, -0.25) is 10.1 Å². The number of anilines is 1. The molecule has 20 heavy (non-hydrogen) atoms. The molecule has 110 valence electrons. The summed E-state index contributed by atoms with van der Waals surface area (Å²) < 4.78 is 10.6. The summed E-state index contributed by atoms with van der Waals surface area (Å²) >= 11 is 0. The molecule has 2 rings (SSSR count). The van der Waals surface area contributed by atoms with Crippen LogP contribution in [0.2, 0.25) is 0 Å². The first kappa shape index (κ1) is 14.5. The molecule has 0 saturated carbocycles. The number of nitro groups is 1. The molecule has 1 atom stereocenters. The van der Waals surface area contributed by atoms with Crippen LogP contribution >= 0.6 is 0 Å². The Morgan fingerprint density at radius 1 is 1.65 bits per heavy atom. The quantitative estimate of drug-likeness (QED) is 0.618. The van der Waals surface area contributed by atoms with Crippen molar-refractivity contribution in [2.45, 2.75) is 6.10 Å². The van der Waals surface area contributed by atoms with E-state index in [-0.39, 0.29) is 11.8 Å². The normalized spacial score (nSPS) is 18.9. The molecule has 0 aliphatic carbocycles. The van der Waals surface area contributed by atoms with Crippen molar-refractivity contribution < 1.29 is 14.4 Å². The zero-order chi connectivity index (χ0) is 14.5. The molecular weight excluding hydrogens is 264 g/mol. The summed E-state index contributed by atoms with van der Waals surface area (Å²) in [7, 11) is 3.33. The third kappa shape index (κ3) is 3.14. The monoisotopic (exact) mass is 282 g/mol. The molecule has 1 saturated heterocycles. The van der Waals surface area contributed by atoms with E-state index in [1.54, 1.807) is 0 Å². The van der Waals surface area contributed by atoms with Gasteiger partial charge in [0.2, 0.25) is 11.7 Å². The standard InChI is InChI=1S/C12H18N4O4/c1-13-7-9-8-15(5-6-20-9)12-10(16(17)18)3-4-11(14-12)19-2/h3-4,9,13H,5-8H2,1-2H3. The number of likely N-dealkylation sites (N-methyl/N-ethyl adjacent to an activating group) is 1. The molecule has 0 spiro atoms. The molecule has 8 heteroatoms. The van der Waals surface area contributed by atoms with Crippen molar-refractivity contribution in [1.82, 2.24) is 10.3 Å². The number of aromatic nitrogens is 1. The molecule has 8 nitrogen and oxygen atoms in total. The smallest absolute Gasteiger partial charge is 0.311 e. The minimum absolute atomic E-state index is 0.0126. The maximum absolute atomic E-state index is 11.1. The maximum atomic E-state index is 11.1. The number of morpholine rings is 1. The Hall–Kier alpha value is -1.93. The van der Waals surface area contributed by atoms with Gasteiger partial charge < -0.3 is 19.7 Å². The van der Waals surface area contributed by atoms with Crippen LogP contribution in [-0.2, 0) is 4.74 Å². The lowest BCUT2D eigenvalue weighted by molar-refractivity contribution is -0.384. The largest absolute Gasteiger partial charge is 0.481 e. The van der Waals surface area contributed by atoms with Gasteiger partial charge in [-0.2, -0.15) is 4.98 Å². The van der Waals surface area contributed by atoms with Crippen molar-refractivity contribution in [3.05, 3.63) is 22.2 Å². The van der Waals surface area contributed by atoms with Crippen molar-refractivity contribution >= 4 is 11.5 Å². The fourth-order valence-corrected chi connectivity index (χ4v) is 2.18. The lowest BCUT2D eigenvalue weighted by Gasteiger charge is -2.33. The first-order valence-electron chi connectivity index (χ1n) is 6.36. The molecular formula is C12H18N4O4. The Morgan fingerprint density at radius 3 is 3.10 bits per heavy atom. The predicted octanol–water partition coefficient (Wildman–Crippen LogP) is 0.423. The van der Waals surface area contributed by atoms with Gasteiger partial charge in [-0.05, 0) is 7.05 Å². The Bertz CT molecular complexity index is 481. The molecule has 1 aromatic heterocycles. The fraction of sp³-hybridized carbons (Fsp3) is 0.583. The topological polar surface area (TPSA) is 89.8 Å². The van der Waals surface area contributed by atoms with Crippen molar-refractivity contribution in [3.8, 4) is 5.88 Å². The summed E-state index contributed by atoms with van der Waals surface area (Å²) in [6.07, 6.45) is -0.0126. The van der Waals surface area contributed by atoms with Crippen molar-refractivity contribution in [2.24, 2.45) is 0 Å². The van der Waals surface area contributed by atoms with Gasteiger partial charge in [0.05, 0.1) is 24.7 Å². The number of nitrogens with zero attached hydrogens (tertiary/aromatic N) is 3. The molecule has 0 amide bonds. The molecule has 0 aromatic carbocycles. The molecule has 1 unspecified atom stereocenters. The van der Waals surface area contributed by atoms with Gasteiger partial charge in [0.1, 0.15) is 0 Å². The van der Waals surface area contributed by atoms with Crippen LogP contribution < -0.4 is 15.0 Å². The summed E-state index contributed by atoms with van der Waals surface area (Å²) in [4.78, 5) is 16.8. The molecule has 1 N–H and O–H groups in total. The molecule has 0 radical (unpaired) electrons.